The Labute approximate surface area is 197 Å². The predicted molar refractivity (Wildman–Crippen MR) is 127 cm³/mol. The van der Waals surface area contributed by atoms with Crippen LogP contribution in [0.3, 0.4) is 0 Å². The molecule has 1 aliphatic carbocycles. The van der Waals surface area contributed by atoms with Gasteiger partial charge < -0.3 is 35.7 Å². The Morgan fingerprint density at radius 2 is 1.21 bits per heavy atom. The van der Waals surface area contributed by atoms with Crippen LogP contribution in [0.5, 0.6) is 23.0 Å². The van der Waals surface area contributed by atoms with E-state index in [1.165, 1.54) is 61.4 Å². The second-order valence-corrected chi connectivity index (χ2v) is 7.77. The fourth-order valence-corrected chi connectivity index (χ4v) is 3.03. The zero-order valence-corrected chi connectivity index (χ0v) is 18.7. The molecule has 7 N–H and O–H groups in total. The maximum atomic E-state index is 10.1. The molecular formula is C25H30O9. The molecule has 1 saturated carbocycles. The lowest BCUT2D eigenvalue weighted by atomic mass is 9.89. The molecule has 1 aliphatic rings. The smallest absolute Gasteiger partial charge is 0.328 e. The highest BCUT2D eigenvalue weighted by atomic mass is 16.4. The van der Waals surface area contributed by atoms with Crippen LogP contribution in [0.15, 0.2) is 48.6 Å². The van der Waals surface area contributed by atoms with Crippen LogP contribution < -0.4 is 0 Å². The molecule has 0 aliphatic heterocycles. The Bertz CT molecular complexity index is 932. The minimum absolute atomic E-state index is 0.0127. The number of phenols is 4. The summed E-state index contributed by atoms with van der Waals surface area (Å²) in [6, 6.07) is 8.11. The molecule has 0 radical (unpaired) electrons. The van der Waals surface area contributed by atoms with E-state index in [0.29, 0.717) is 11.1 Å². The minimum atomic E-state index is -1.06. The van der Waals surface area contributed by atoms with E-state index in [1.807, 2.05) is 0 Å². The normalized spacial score (nSPS) is 17.4. The predicted octanol–water partition coefficient (Wildman–Crippen LogP) is 3.95. The number of aromatic hydroxyl groups is 4. The first kappa shape index (κ1) is 28.1. The average Bonchev–Trinajstić information content (AvgIpc) is 2.76. The molecule has 34 heavy (non-hydrogen) atoms. The summed E-state index contributed by atoms with van der Waals surface area (Å²) in [5.74, 6) is -2.36. The van der Waals surface area contributed by atoms with Gasteiger partial charge in [-0.1, -0.05) is 31.9 Å². The number of hydrogen-bond donors (Lipinski definition) is 7. The third kappa shape index (κ3) is 11.6. The molecule has 2 unspecified atom stereocenters. The van der Waals surface area contributed by atoms with E-state index in [2.05, 4.69) is 6.92 Å². The van der Waals surface area contributed by atoms with Crippen molar-refractivity contribution >= 4 is 24.1 Å². The molecule has 2 aromatic carbocycles. The largest absolute Gasteiger partial charge is 0.504 e. The van der Waals surface area contributed by atoms with Crippen LogP contribution in [0, 0.1) is 5.92 Å². The number of hydrogen-bond acceptors (Lipinski definition) is 7. The highest BCUT2D eigenvalue weighted by Gasteiger charge is 2.15. The van der Waals surface area contributed by atoms with Gasteiger partial charge >= 0.3 is 11.9 Å². The molecule has 0 spiro atoms. The Hall–Kier alpha value is -3.98. The third-order valence-corrected chi connectivity index (χ3v) is 4.74. The van der Waals surface area contributed by atoms with Crippen molar-refractivity contribution in [3.8, 4) is 23.0 Å². The van der Waals surface area contributed by atoms with E-state index in [-0.39, 0.29) is 29.1 Å². The zero-order chi connectivity index (χ0) is 25.7. The van der Waals surface area contributed by atoms with Crippen LogP contribution in [0.25, 0.3) is 12.2 Å². The fraction of sp³-hybridized carbons (Fsp3) is 0.280. The molecular weight excluding hydrogens is 444 g/mol. The summed E-state index contributed by atoms with van der Waals surface area (Å²) in [6.07, 6.45) is 9.16. The van der Waals surface area contributed by atoms with E-state index < -0.39 is 11.9 Å². The quantitative estimate of drug-likeness (QED) is 0.255. The molecule has 2 atom stereocenters. The van der Waals surface area contributed by atoms with Crippen molar-refractivity contribution in [2.75, 3.05) is 0 Å². The molecule has 3 rings (SSSR count). The van der Waals surface area contributed by atoms with E-state index in [9.17, 15) is 9.59 Å². The Morgan fingerprint density at radius 3 is 1.50 bits per heavy atom. The molecule has 0 saturated heterocycles. The molecule has 184 valence electrons. The van der Waals surface area contributed by atoms with Crippen molar-refractivity contribution in [1.29, 1.82) is 0 Å². The van der Waals surface area contributed by atoms with E-state index in [1.54, 1.807) is 0 Å². The monoisotopic (exact) mass is 474 g/mol. The van der Waals surface area contributed by atoms with Crippen LogP contribution in [0.2, 0.25) is 0 Å². The second-order valence-electron chi connectivity index (χ2n) is 7.77. The van der Waals surface area contributed by atoms with Gasteiger partial charge in [-0.05, 0) is 66.3 Å². The Kier molecular flexibility index (Phi) is 11.7. The molecule has 9 heteroatoms. The van der Waals surface area contributed by atoms with Crippen LogP contribution in [0.1, 0.15) is 43.7 Å². The molecule has 0 amide bonds. The van der Waals surface area contributed by atoms with Gasteiger partial charge in [-0.25, -0.2) is 9.59 Å². The highest BCUT2D eigenvalue weighted by molar-refractivity contribution is 5.85. The van der Waals surface area contributed by atoms with Crippen LogP contribution in [-0.2, 0) is 9.59 Å². The molecule has 0 aromatic heterocycles. The number of rotatable bonds is 4. The molecule has 1 fully saturated rings. The van der Waals surface area contributed by atoms with E-state index >= 15 is 0 Å². The van der Waals surface area contributed by atoms with Gasteiger partial charge in [0.1, 0.15) is 0 Å². The maximum Gasteiger partial charge on any atom is 0.328 e. The second kappa shape index (κ2) is 14.2. The zero-order valence-electron chi connectivity index (χ0n) is 18.7. The minimum Gasteiger partial charge on any atom is -0.504 e. The van der Waals surface area contributed by atoms with Crippen molar-refractivity contribution in [2.24, 2.45) is 5.92 Å². The highest BCUT2D eigenvalue weighted by Crippen LogP contribution is 2.26. The maximum absolute atomic E-state index is 10.1. The van der Waals surface area contributed by atoms with Gasteiger partial charge in [0.05, 0.1) is 6.10 Å². The summed E-state index contributed by atoms with van der Waals surface area (Å²) in [5.41, 5.74) is 1.02. The summed E-state index contributed by atoms with van der Waals surface area (Å²) in [6.45, 7) is 2.21. The van der Waals surface area contributed by atoms with Gasteiger partial charge in [-0.3, -0.25) is 0 Å². The van der Waals surface area contributed by atoms with Crippen molar-refractivity contribution in [3.05, 3.63) is 59.7 Å². The van der Waals surface area contributed by atoms with Crippen molar-refractivity contribution < 1.29 is 45.3 Å². The SMILES string of the molecule is CC1CCCC(O)C1.O=C(O)/C=C/c1ccc(O)c(O)c1.O=C(O)/C=C/c1ccc(O)c(O)c1. The number of benzene rings is 2. The number of aliphatic hydroxyl groups excluding tert-OH is 1. The van der Waals surface area contributed by atoms with Crippen LogP contribution in [-0.4, -0.2) is 53.8 Å². The standard InChI is InChI=1S/2C9H8O4.C7H14O/c2*10-7-3-1-6(5-8(7)11)2-4-9(12)13;1-6-3-2-4-7(8)5-6/h2*1-5,10-11H,(H,12,13);6-8H,2-5H2,1H3/b2*4-2+;. The molecule has 9 nitrogen and oxygen atoms in total. The van der Waals surface area contributed by atoms with Crippen molar-refractivity contribution in [2.45, 2.75) is 38.7 Å². The first-order valence-corrected chi connectivity index (χ1v) is 10.5. The summed E-state index contributed by atoms with van der Waals surface area (Å²) in [4.78, 5) is 20.3. The fourth-order valence-electron chi connectivity index (χ4n) is 3.03. The number of carboxylic acid groups (broad SMARTS) is 2. The lowest BCUT2D eigenvalue weighted by Gasteiger charge is -2.21. The van der Waals surface area contributed by atoms with Gasteiger partial charge in [0.25, 0.3) is 0 Å². The van der Waals surface area contributed by atoms with E-state index in [4.69, 9.17) is 35.7 Å². The average molecular weight is 475 g/mol. The number of aliphatic hydroxyl groups is 1. The summed E-state index contributed by atoms with van der Waals surface area (Å²) in [7, 11) is 0. The third-order valence-electron chi connectivity index (χ3n) is 4.74. The Balaban J connectivity index is 0.000000263. The van der Waals surface area contributed by atoms with Crippen molar-refractivity contribution in [1.82, 2.24) is 0 Å². The Morgan fingerprint density at radius 1 is 0.765 bits per heavy atom. The van der Waals surface area contributed by atoms with E-state index in [0.717, 1.165) is 30.9 Å². The number of carbonyl (C=O) groups is 2. The number of aliphatic carboxylic acids is 2. The number of phenolic OH excluding ortho intramolecular Hbond substituents is 4. The van der Waals surface area contributed by atoms with Crippen LogP contribution >= 0.6 is 0 Å². The topological polar surface area (TPSA) is 176 Å². The summed E-state index contributed by atoms with van der Waals surface area (Å²) >= 11 is 0. The van der Waals surface area contributed by atoms with Gasteiger partial charge in [0.2, 0.25) is 0 Å². The molecule has 0 heterocycles. The van der Waals surface area contributed by atoms with Gasteiger partial charge in [0, 0.05) is 12.2 Å². The number of carboxylic acids is 2. The van der Waals surface area contributed by atoms with Crippen LogP contribution in [0.4, 0.5) is 0 Å². The van der Waals surface area contributed by atoms with Crippen molar-refractivity contribution in [3.63, 3.8) is 0 Å². The first-order valence-electron chi connectivity index (χ1n) is 10.5. The molecule has 0 bridgehead atoms. The summed E-state index contributed by atoms with van der Waals surface area (Å²) in [5, 5.41) is 61.6. The van der Waals surface area contributed by atoms with Gasteiger partial charge in [-0.2, -0.15) is 0 Å². The first-order chi connectivity index (χ1) is 16.0. The lowest BCUT2D eigenvalue weighted by molar-refractivity contribution is -0.132. The lowest BCUT2D eigenvalue weighted by Crippen LogP contribution is -2.16. The molecule has 2 aromatic rings. The van der Waals surface area contributed by atoms with Gasteiger partial charge in [0.15, 0.2) is 23.0 Å². The summed E-state index contributed by atoms with van der Waals surface area (Å²) < 4.78 is 0. The van der Waals surface area contributed by atoms with Gasteiger partial charge in [-0.15, -0.1) is 0 Å².